The first kappa shape index (κ1) is 12.3. The summed E-state index contributed by atoms with van der Waals surface area (Å²) in [5.74, 6) is -1.01. The summed E-state index contributed by atoms with van der Waals surface area (Å²) in [6.45, 7) is 0. The summed E-state index contributed by atoms with van der Waals surface area (Å²) >= 11 is 5.80. The predicted molar refractivity (Wildman–Crippen MR) is 63.5 cm³/mol. The SMILES string of the molecule is COC(=O)NC1=C(Cl)C(=O)c2ccccc2C1=O. The number of carbonyl (C=O) groups excluding carboxylic acids is 3. The number of halogens is 1. The van der Waals surface area contributed by atoms with Gasteiger partial charge < -0.3 is 4.74 Å². The van der Waals surface area contributed by atoms with Gasteiger partial charge in [0.25, 0.3) is 0 Å². The van der Waals surface area contributed by atoms with Crippen molar-refractivity contribution in [3.63, 3.8) is 0 Å². The Labute approximate surface area is 107 Å². The van der Waals surface area contributed by atoms with Gasteiger partial charge in [-0.3, -0.25) is 14.9 Å². The van der Waals surface area contributed by atoms with Crippen LogP contribution in [0.3, 0.4) is 0 Å². The zero-order valence-electron chi connectivity index (χ0n) is 9.32. The average Bonchev–Trinajstić information content (AvgIpc) is 2.40. The van der Waals surface area contributed by atoms with Crippen molar-refractivity contribution in [2.75, 3.05) is 7.11 Å². The van der Waals surface area contributed by atoms with Crippen LogP contribution >= 0.6 is 11.6 Å². The third-order valence-electron chi connectivity index (χ3n) is 2.47. The molecule has 1 aromatic carbocycles. The molecule has 0 radical (unpaired) electrons. The van der Waals surface area contributed by atoms with E-state index >= 15 is 0 Å². The smallest absolute Gasteiger partial charge is 0.411 e. The van der Waals surface area contributed by atoms with E-state index in [1.807, 2.05) is 0 Å². The van der Waals surface area contributed by atoms with E-state index in [0.29, 0.717) is 0 Å². The zero-order chi connectivity index (χ0) is 13.3. The second-order valence-corrected chi connectivity index (χ2v) is 3.89. The van der Waals surface area contributed by atoms with Crippen molar-refractivity contribution in [2.24, 2.45) is 0 Å². The molecule has 0 aromatic heterocycles. The molecule has 0 unspecified atom stereocenters. The Bertz CT molecular complexity index is 591. The number of rotatable bonds is 1. The number of carbonyl (C=O) groups is 3. The Balaban J connectivity index is 2.50. The van der Waals surface area contributed by atoms with E-state index < -0.39 is 17.7 Å². The number of benzene rings is 1. The van der Waals surface area contributed by atoms with Crippen molar-refractivity contribution in [1.82, 2.24) is 5.32 Å². The number of hydrogen-bond acceptors (Lipinski definition) is 4. The molecular formula is C12H8ClNO4. The molecule has 0 saturated carbocycles. The molecular weight excluding hydrogens is 258 g/mol. The van der Waals surface area contributed by atoms with E-state index in [1.54, 1.807) is 12.1 Å². The van der Waals surface area contributed by atoms with Crippen molar-refractivity contribution >= 4 is 29.3 Å². The predicted octanol–water partition coefficient (Wildman–Crippen LogP) is 1.87. The van der Waals surface area contributed by atoms with Crippen LogP contribution < -0.4 is 5.32 Å². The van der Waals surface area contributed by atoms with Crippen LogP contribution in [0.25, 0.3) is 0 Å². The molecule has 6 heteroatoms. The lowest BCUT2D eigenvalue weighted by molar-refractivity contribution is 0.0972. The quantitative estimate of drug-likeness (QED) is 0.841. The molecule has 92 valence electrons. The Morgan fingerprint density at radius 2 is 1.72 bits per heavy atom. The summed E-state index contributed by atoms with van der Waals surface area (Å²) in [5.41, 5.74) is 0.174. The van der Waals surface area contributed by atoms with Crippen LogP contribution in [0.4, 0.5) is 4.79 Å². The Hall–Kier alpha value is -2.14. The molecule has 1 amide bonds. The average molecular weight is 266 g/mol. The van der Waals surface area contributed by atoms with Gasteiger partial charge in [0.05, 0.1) is 7.11 Å². The van der Waals surface area contributed by atoms with Crippen molar-refractivity contribution in [3.8, 4) is 0 Å². The molecule has 0 spiro atoms. The molecule has 0 saturated heterocycles. The minimum absolute atomic E-state index is 0.207. The van der Waals surface area contributed by atoms with Crippen LogP contribution in [-0.4, -0.2) is 24.8 Å². The maximum atomic E-state index is 12.1. The number of allylic oxidation sites excluding steroid dienone is 2. The third kappa shape index (κ3) is 1.89. The van der Waals surface area contributed by atoms with Gasteiger partial charge in [0.2, 0.25) is 11.6 Å². The van der Waals surface area contributed by atoms with Crippen molar-refractivity contribution in [3.05, 3.63) is 46.1 Å². The lowest BCUT2D eigenvalue weighted by Crippen LogP contribution is -2.32. The molecule has 18 heavy (non-hydrogen) atoms. The minimum Gasteiger partial charge on any atom is -0.453 e. The molecule has 1 N–H and O–H groups in total. The van der Waals surface area contributed by atoms with Crippen LogP contribution in [-0.2, 0) is 4.74 Å². The van der Waals surface area contributed by atoms with Crippen molar-refractivity contribution in [2.45, 2.75) is 0 Å². The van der Waals surface area contributed by atoms with Gasteiger partial charge in [-0.05, 0) is 0 Å². The fourth-order valence-electron chi connectivity index (χ4n) is 1.61. The fourth-order valence-corrected chi connectivity index (χ4v) is 1.84. The number of amides is 1. The van der Waals surface area contributed by atoms with E-state index in [4.69, 9.17) is 11.6 Å². The summed E-state index contributed by atoms with van der Waals surface area (Å²) < 4.78 is 4.37. The number of fused-ring (bicyclic) bond motifs is 1. The van der Waals surface area contributed by atoms with Crippen molar-refractivity contribution < 1.29 is 19.1 Å². The van der Waals surface area contributed by atoms with Gasteiger partial charge in [-0.2, -0.15) is 0 Å². The van der Waals surface area contributed by atoms with Gasteiger partial charge in [-0.25, -0.2) is 4.79 Å². The number of methoxy groups -OCH3 is 1. The van der Waals surface area contributed by atoms with E-state index in [1.165, 1.54) is 12.1 Å². The number of alkyl carbamates (subject to hydrolysis) is 1. The highest BCUT2D eigenvalue weighted by molar-refractivity contribution is 6.50. The summed E-state index contributed by atoms with van der Waals surface area (Å²) in [7, 11) is 1.15. The molecule has 0 atom stereocenters. The van der Waals surface area contributed by atoms with Gasteiger partial charge in [-0.15, -0.1) is 0 Å². The van der Waals surface area contributed by atoms with Crippen LogP contribution in [0.1, 0.15) is 20.7 Å². The Kier molecular flexibility index (Phi) is 3.16. The molecule has 5 nitrogen and oxygen atoms in total. The topological polar surface area (TPSA) is 72.5 Å². The summed E-state index contributed by atoms with van der Waals surface area (Å²) in [6.07, 6.45) is -0.858. The van der Waals surface area contributed by atoms with Crippen molar-refractivity contribution in [1.29, 1.82) is 0 Å². The van der Waals surface area contributed by atoms with Gasteiger partial charge in [0.15, 0.2) is 0 Å². The van der Waals surface area contributed by atoms with E-state index in [2.05, 4.69) is 10.1 Å². The molecule has 0 aliphatic heterocycles. The second kappa shape index (κ2) is 4.62. The highest BCUT2D eigenvalue weighted by Gasteiger charge is 2.32. The highest BCUT2D eigenvalue weighted by Crippen LogP contribution is 2.27. The monoisotopic (exact) mass is 265 g/mol. The van der Waals surface area contributed by atoms with Gasteiger partial charge in [0.1, 0.15) is 10.7 Å². The number of ketones is 2. The summed E-state index contributed by atoms with van der Waals surface area (Å²) in [4.78, 5) is 35.1. The molecule has 0 heterocycles. The van der Waals surface area contributed by atoms with Crippen LogP contribution in [0, 0.1) is 0 Å². The van der Waals surface area contributed by atoms with E-state index in [0.717, 1.165) is 7.11 Å². The van der Waals surface area contributed by atoms with Gasteiger partial charge in [-0.1, -0.05) is 35.9 Å². The maximum absolute atomic E-state index is 12.1. The first-order valence-electron chi connectivity index (χ1n) is 4.99. The normalized spacial score (nSPS) is 14.3. The Morgan fingerprint density at radius 1 is 1.17 bits per heavy atom. The molecule has 0 bridgehead atoms. The van der Waals surface area contributed by atoms with E-state index in [-0.39, 0.29) is 21.9 Å². The largest absolute Gasteiger partial charge is 0.453 e. The molecule has 1 aliphatic carbocycles. The number of hydrogen-bond donors (Lipinski definition) is 1. The van der Waals surface area contributed by atoms with Gasteiger partial charge in [0, 0.05) is 11.1 Å². The molecule has 1 aromatic rings. The van der Waals surface area contributed by atoms with Crippen LogP contribution in [0.5, 0.6) is 0 Å². The zero-order valence-corrected chi connectivity index (χ0v) is 10.1. The third-order valence-corrected chi connectivity index (χ3v) is 2.84. The first-order valence-corrected chi connectivity index (χ1v) is 5.37. The highest BCUT2D eigenvalue weighted by atomic mass is 35.5. The van der Waals surface area contributed by atoms with E-state index in [9.17, 15) is 14.4 Å². The standard InChI is InChI=1S/C12H8ClNO4/c1-18-12(17)14-9-8(13)10(15)6-4-2-3-5-7(6)11(9)16/h2-5H,1H3,(H,14,17). The minimum atomic E-state index is -0.858. The lowest BCUT2D eigenvalue weighted by atomic mass is 9.92. The fraction of sp³-hybridized carbons (Fsp3) is 0.0833. The number of Topliss-reactive ketones (excluding diaryl/α,β-unsaturated/α-hetero) is 2. The number of ether oxygens (including phenoxy) is 1. The molecule has 2 rings (SSSR count). The first-order chi connectivity index (χ1) is 8.56. The second-order valence-electron chi connectivity index (χ2n) is 3.51. The lowest BCUT2D eigenvalue weighted by Gasteiger charge is -2.17. The Morgan fingerprint density at radius 3 is 2.28 bits per heavy atom. The summed E-state index contributed by atoms with van der Waals surface area (Å²) in [5, 5.41) is 1.84. The van der Waals surface area contributed by atoms with Crippen LogP contribution in [0.15, 0.2) is 35.0 Å². The molecule has 1 aliphatic rings. The van der Waals surface area contributed by atoms with Crippen LogP contribution in [0.2, 0.25) is 0 Å². The van der Waals surface area contributed by atoms with Gasteiger partial charge >= 0.3 is 6.09 Å². The molecule has 0 fully saturated rings. The summed E-state index contributed by atoms with van der Waals surface area (Å²) in [6, 6.07) is 6.26. The maximum Gasteiger partial charge on any atom is 0.411 e. The number of nitrogens with one attached hydrogen (secondary N) is 1.